The van der Waals surface area contributed by atoms with Crippen molar-refractivity contribution in [1.29, 1.82) is 0 Å². The van der Waals surface area contributed by atoms with Gasteiger partial charge in [0.15, 0.2) is 0 Å². The van der Waals surface area contributed by atoms with E-state index in [1.165, 1.54) is 7.11 Å². The molecule has 168 valence electrons. The number of fused-ring (bicyclic) bond motifs is 1. The maximum atomic E-state index is 13.1. The van der Waals surface area contributed by atoms with Crippen molar-refractivity contribution in [1.82, 2.24) is 9.88 Å². The highest BCUT2D eigenvalue weighted by molar-refractivity contribution is 6.07. The van der Waals surface area contributed by atoms with Crippen molar-refractivity contribution >= 4 is 35.1 Å². The Hall–Kier alpha value is -3.68. The first-order chi connectivity index (χ1) is 15.4. The Morgan fingerprint density at radius 1 is 1.16 bits per heavy atom. The molecule has 0 atom stereocenters. The summed E-state index contributed by atoms with van der Waals surface area (Å²) in [7, 11) is 1.54. The van der Waals surface area contributed by atoms with E-state index in [-0.39, 0.29) is 18.2 Å². The molecule has 0 spiro atoms. The van der Waals surface area contributed by atoms with Gasteiger partial charge in [-0.05, 0) is 31.1 Å². The topological polar surface area (TPSA) is 110 Å². The number of hydrogen-bond acceptors (Lipinski definition) is 6. The van der Waals surface area contributed by atoms with Crippen LogP contribution in [0, 0.1) is 0 Å². The number of benzene rings is 1. The second kappa shape index (κ2) is 10.6. The molecule has 3 N–H and O–H groups in total. The van der Waals surface area contributed by atoms with E-state index in [1.807, 2.05) is 11.0 Å². The Balaban J connectivity index is 1.86. The minimum atomic E-state index is -0.307. The van der Waals surface area contributed by atoms with Crippen LogP contribution in [-0.2, 0) is 4.79 Å². The van der Waals surface area contributed by atoms with Gasteiger partial charge in [0.2, 0.25) is 5.91 Å². The third kappa shape index (κ3) is 5.51. The van der Waals surface area contributed by atoms with Crippen LogP contribution in [0.2, 0.25) is 0 Å². The van der Waals surface area contributed by atoms with Gasteiger partial charge in [-0.1, -0.05) is 19.9 Å². The smallest absolute Gasteiger partial charge is 0.255 e. The largest absolute Gasteiger partial charge is 0.495 e. The molecule has 3 rings (SSSR count). The highest BCUT2D eigenvalue weighted by Crippen LogP contribution is 2.29. The summed E-state index contributed by atoms with van der Waals surface area (Å²) in [5, 5.41) is 2.80. The molecule has 0 radical (unpaired) electrons. The summed E-state index contributed by atoms with van der Waals surface area (Å²) in [4.78, 5) is 36.2. The fourth-order valence-corrected chi connectivity index (χ4v) is 3.53. The highest BCUT2D eigenvalue weighted by Gasteiger charge is 2.21. The van der Waals surface area contributed by atoms with Gasteiger partial charge < -0.3 is 20.7 Å². The number of rotatable bonds is 8. The molecule has 0 fully saturated rings. The molecule has 1 aliphatic heterocycles. The number of amides is 2. The normalized spacial score (nSPS) is 12.7. The summed E-state index contributed by atoms with van der Waals surface area (Å²) in [6, 6.07) is 6.84. The second-order valence-electron chi connectivity index (χ2n) is 7.58. The average Bonchev–Trinajstić information content (AvgIpc) is 2.95. The van der Waals surface area contributed by atoms with Gasteiger partial charge in [-0.3, -0.25) is 14.6 Å². The summed E-state index contributed by atoms with van der Waals surface area (Å²) in [5.74, 6) is 0.556. The molecule has 2 amide bonds. The number of hydrogen-bond donors (Lipinski definition) is 2. The lowest BCUT2D eigenvalue weighted by Gasteiger charge is -2.22. The number of nitrogens with zero attached hydrogens (tertiary/aromatic N) is 3. The average molecular weight is 436 g/mol. The molecule has 0 aliphatic carbocycles. The van der Waals surface area contributed by atoms with Crippen LogP contribution >= 0.6 is 0 Å². The molecule has 0 saturated carbocycles. The number of ether oxygens (including phenoxy) is 1. The zero-order valence-electron chi connectivity index (χ0n) is 18.7. The van der Waals surface area contributed by atoms with Crippen LogP contribution in [0.15, 0.2) is 47.2 Å². The standard InChI is InChI=1S/C24H29N5O3/c1-4-8-29(9-5-2)24(31)18-10-16-6-7-17(11-21(16)28-22(25)12-18)23(30)27-19-13-20(32-3)15-26-14-19/h6-7,10-11,13-15H,4-5,8-9,12H2,1-3H3,(H2,25,28)(H,27,30). The van der Waals surface area contributed by atoms with E-state index >= 15 is 0 Å². The molecular formula is C24H29N5O3. The fraction of sp³-hybridized carbons (Fsp3) is 0.333. The summed E-state index contributed by atoms with van der Waals surface area (Å²) < 4.78 is 5.14. The second-order valence-corrected chi connectivity index (χ2v) is 7.58. The van der Waals surface area contributed by atoms with E-state index in [4.69, 9.17) is 10.5 Å². The number of pyridine rings is 1. The van der Waals surface area contributed by atoms with E-state index in [9.17, 15) is 9.59 Å². The first-order valence-corrected chi connectivity index (χ1v) is 10.7. The lowest BCUT2D eigenvalue weighted by molar-refractivity contribution is -0.127. The number of methoxy groups -OCH3 is 1. The van der Waals surface area contributed by atoms with Crippen molar-refractivity contribution in [3.63, 3.8) is 0 Å². The molecule has 2 heterocycles. The number of nitrogens with two attached hydrogens (primary N) is 1. The number of anilines is 1. The number of nitrogens with one attached hydrogen (secondary N) is 1. The maximum absolute atomic E-state index is 13.1. The number of amidine groups is 1. The van der Waals surface area contributed by atoms with Gasteiger partial charge in [-0.15, -0.1) is 0 Å². The van der Waals surface area contributed by atoms with Gasteiger partial charge in [0.25, 0.3) is 5.91 Å². The Kier molecular flexibility index (Phi) is 7.59. The summed E-state index contributed by atoms with van der Waals surface area (Å²) in [6.45, 7) is 5.51. The predicted molar refractivity (Wildman–Crippen MR) is 126 cm³/mol. The van der Waals surface area contributed by atoms with Gasteiger partial charge in [0, 0.05) is 42.3 Å². The van der Waals surface area contributed by atoms with Gasteiger partial charge >= 0.3 is 0 Å². The third-order valence-corrected chi connectivity index (χ3v) is 5.01. The van der Waals surface area contributed by atoms with Gasteiger partial charge in [0.1, 0.15) is 11.6 Å². The van der Waals surface area contributed by atoms with Gasteiger partial charge in [-0.2, -0.15) is 0 Å². The lowest BCUT2D eigenvalue weighted by atomic mass is 10.0. The van der Waals surface area contributed by atoms with Gasteiger partial charge in [-0.25, -0.2) is 4.99 Å². The molecule has 1 aromatic heterocycles. The highest BCUT2D eigenvalue weighted by atomic mass is 16.5. The minimum absolute atomic E-state index is 0.0213. The number of carbonyl (C=O) groups is 2. The molecule has 0 bridgehead atoms. The molecule has 8 heteroatoms. The minimum Gasteiger partial charge on any atom is -0.495 e. The Morgan fingerprint density at radius 3 is 2.59 bits per heavy atom. The van der Waals surface area contributed by atoms with Crippen LogP contribution in [-0.4, -0.2) is 47.7 Å². The van der Waals surface area contributed by atoms with Crippen molar-refractivity contribution in [2.45, 2.75) is 33.1 Å². The monoisotopic (exact) mass is 435 g/mol. The Bertz CT molecular complexity index is 1060. The maximum Gasteiger partial charge on any atom is 0.255 e. The van der Waals surface area contributed by atoms with Crippen molar-refractivity contribution < 1.29 is 14.3 Å². The summed E-state index contributed by atoms with van der Waals surface area (Å²) in [6.07, 6.45) is 6.98. The summed E-state index contributed by atoms with van der Waals surface area (Å²) in [5.41, 5.74) is 8.97. The lowest BCUT2D eigenvalue weighted by Crippen LogP contribution is -2.34. The quantitative estimate of drug-likeness (QED) is 0.656. The van der Waals surface area contributed by atoms with Crippen molar-refractivity contribution in [3.8, 4) is 5.75 Å². The van der Waals surface area contributed by atoms with Gasteiger partial charge in [0.05, 0.1) is 30.9 Å². The molecule has 2 aromatic rings. The van der Waals surface area contributed by atoms with E-state index in [0.29, 0.717) is 47.2 Å². The van der Waals surface area contributed by atoms with Crippen LogP contribution in [0.3, 0.4) is 0 Å². The van der Waals surface area contributed by atoms with E-state index in [1.54, 1.807) is 36.7 Å². The first-order valence-electron chi connectivity index (χ1n) is 10.7. The zero-order chi connectivity index (χ0) is 23.1. The van der Waals surface area contributed by atoms with Crippen molar-refractivity contribution in [2.24, 2.45) is 10.7 Å². The number of carbonyl (C=O) groups excluding carboxylic acids is 2. The molecular weight excluding hydrogens is 406 g/mol. The molecule has 0 saturated heterocycles. The molecule has 0 unspecified atom stereocenters. The molecule has 1 aliphatic rings. The molecule has 1 aromatic carbocycles. The van der Waals surface area contributed by atoms with Crippen LogP contribution < -0.4 is 15.8 Å². The SMILES string of the molecule is CCCN(CCC)C(=O)C1=Cc2ccc(C(=O)Nc3cncc(OC)c3)cc2N=C(N)C1. The summed E-state index contributed by atoms with van der Waals surface area (Å²) >= 11 is 0. The molecule has 32 heavy (non-hydrogen) atoms. The Labute approximate surface area is 188 Å². The van der Waals surface area contributed by atoms with Crippen molar-refractivity contribution in [2.75, 3.05) is 25.5 Å². The number of aliphatic imine (C=N–C) groups is 1. The van der Waals surface area contributed by atoms with Crippen LogP contribution in [0.1, 0.15) is 49.0 Å². The zero-order valence-corrected chi connectivity index (χ0v) is 18.7. The van der Waals surface area contributed by atoms with Crippen LogP contribution in [0.5, 0.6) is 5.75 Å². The Morgan fingerprint density at radius 2 is 1.91 bits per heavy atom. The van der Waals surface area contributed by atoms with Crippen molar-refractivity contribution in [3.05, 3.63) is 53.4 Å². The van der Waals surface area contributed by atoms with E-state index in [0.717, 1.165) is 18.4 Å². The predicted octanol–water partition coefficient (Wildman–Crippen LogP) is 3.77. The molecule has 8 nitrogen and oxygen atoms in total. The fourth-order valence-electron chi connectivity index (χ4n) is 3.53. The third-order valence-electron chi connectivity index (χ3n) is 5.01. The van der Waals surface area contributed by atoms with E-state index in [2.05, 4.69) is 29.1 Å². The first kappa shape index (κ1) is 23.0. The number of aromatic nitrogens is 1. The van der Waals surface area contributed by atoms with Crippen LogP contribution in [0.25, 0.3) is 6.08 Å². The van der Waals surface area contributed by atoms with E-state index < -0.39 is 0 Å². The van der Waals surface area contributed by atoms with Crippen LogP contribution in [0.4, 0.5) is 11.4 Å².